The maximum Gasteiger partial charge on any atom is 0.271 e. The van der Waals surface area contributed by atoms with Gasteiger partial charge in [0, 0.05) is 6.07 Å². The first kappa shape index (κ1) is 12.5. The van der Waals surface area contributed by atoms with Crippen molar-refractivity contribution < 1.29 is 12.8 Å². The zero-order chi connectivity index (χ0) is 12.5. The molecule has 90 valence electrons. The van der Waals surface area contributed by atoms with Crippen LogP contribution in [0.5, 0.6) is 0 Å². The van der Waals surface area contributed by atoms with E-state index < -0.39 is 15.8 Å². The van der Waals surface area contributed by atoms with Crippen LogP contribution in [0.25, 0.3) is 0 Å². The number of rotatable bonds is 3. The number of pyridine rings is 1. The summed E-state index contributed by atoms with van der Waals surface area (Å²) in [6.07, 6.45) is 2.24. The second-order valence-corrected chi connectivity index (χ2v) is 7.43. The highest BCUT2D eigenvalue weighted by Gasteiger charge is 2.16. The van der Waals surface area contributed by atoms with E-state index in [1.807, 2.05) is 0 Å². The molecule has 0 aliphatic rings. The Bertz CT molecular complexity index is 642. The fourth-order valence-electron chi connectivity index (χ4n) is 1.12. The van der Waals surface area contributed by atoms with Crippen LogP contribution in [-0.2, 0) is 10.0 Å². The van der Waals surface area contributed by atoms with E-state index in [4.69, 9.17) is 0 Å². The minimum atomic E-state index is -3.68. The zero-order valence-corrected chi connectivity index (χ0v) is 11.4. The summed E-state index contributed by atoms with van der Waals surface area (Å²) < 4.78 is 39.7. The van der Waals surface area contributed by atoms with Crippen LogP contribution < -0.4 is 4.72 Å². The molecule has 0 spiro atoms. The van der Waals surface area contributed by atoms with Crippen LogP contribution in [0.4, 0.5) is 10.1 Å². The number of nitrogens with zero attached hydrogens (tertiary/aromatic N) is 1. The molecule has 2 rings (SSSR count). The van der Waals surface area contributed by atoms with Crippen molar-refractivity contribution in [1.82, 2.24) is 4.98 Å². The summed E-state index contributed by atoms with van der Waals surface area (Å²) in [5.41, 5.74) is 0.0922. The van der Waals surface area contributed by atoms with Crippen molar-refractivity contribution in [2.75, 3.05) is 4.72 Å². The SMILES string of the molecule is O=S(=O)(Nc1cncc(F)c1)c1ccc(Br)s1. The van der Waals surface area contributed by atoms with Gasteiger partial charge in [0.2, 0.25) is 0 Å². The van der Waals surface area contributed by atoms with Crippen LogP contribution in [0.1, 0.15) is 0 Å². The predicted octanol–water partition coefficient (Wildman–Crippen LogP) is 2.85. The van der Waals surface area contributed by atoms with Crippen molar-refractivity contribution in [3.05, 3.63) is 40.2 Å². The van der Waals surface area contributed by atoms with Crippen LogP contribution in [0.15, 0.2) is 38.6 Å². The molecule has 1 N–H and O–H groups in total. The lowest BCUT2D eigenvalue weighted by Crippen LogP contribution is -2.11. The van der Waals surface area contributed by atoms with E-state index in [-0.39, 0.29) is 9.90 Å². The fourth-order valence-corrected chi connectivity index (χ4v) is 4.16. The van der Waals surface area contributed by atoms with E-state index in [1.54, 1.807) is 6.07 Å². The van der Waals surface area contributed by atoms with Crippen LogP contribution in [0.2, 0.25) is 0 Å². The predicted molar refractivity (Wildman–Crippen MR) is 67.0 cm³/mol. The molecular weight excluding hydrogens is 331 g/mol. The summed E-state index contributed by atoms with van der Waals surface area (Å²) in [5, 5.41) is 0. The first-order chi connectivity index (χ1) is 7.97. The number of sulfonamides is 1. The number of aromatic nitrogens is 1. The Morgan fingerprint density at radius 2 is 2.12 bits per heavy atom. The summed E-state index contributed by atoms with van der Waals surface area (Å²) in [6.45, 7) is 0. The number of nitrogens with one attached hydrogen (secondary N) is 1. The highest BCUT2D eigenvalue weighted by atomic mass is 79.9. The third-order valence-corrected chi connectivity index (χ3v) is 5.27. The molecule has 0 aromatic carbocycles. The Hall–Kier alpha value is -0.990. The van der Waals surface area contributed by atoms with Crippen molar-refractivity contribution in [3.63, 3.8) is 0 Å². The molecule has 0 amide bonds. The summed E-state index contributed by atoms with van der Waals surface area (Å²) in [5.74, 6) is -0.599. The Balaban J connectivity index is 2.29. The maximum absolute atomic E-state index is 12.8. The number of hydrogen-bond donors (Lipinski definition) is 1. The largest absolute Gasteiger partial charge is 0.277 e. The summed E-state index contributed by atoms with van der Waals surface area (Å²) >= 11 is 4.25. The molecule has 0 atom stereocenters. The van der Waals surface area contributed by atoms with E-state index in [0.717, 1.165) is 23.6 Å². The second-order valence-electron chi connectivity index (χ2n) is 3.06. The van der Waals surface area contributed by atoms with Gasteiger partial charge in [0.15, 0.2) is 0 Å². The van der Waals surface area contributed by atoms with Crippen LogP contribution >= 0.6 is 27.3 Å². The van der Waals surface area contributed by atoms with E-state index in [9.17, 15) is 12.8 Å². The minimum Gasteiger partial charge on any atom is -0.277 e. The third-order valence-electron chi connectivity index (χ3n) is 1.77. The van der Waals surface area contributed by atoms with Gasteiger partial charge in [0.1, 0.15) is 10.0 Å². The molecule has 17 heavy (non-hydrogen) atoms. The molecule has 2 heterocycles. The standard InChI is InChI=1S/C9H6BrFN2O2S2/c10-8-1-2-9(16-8)17(14,15)13-7-3-6(11)4-12-5-7/h1-5,13H. The molecule has 0 unspecified atom stereocenters. The average molecular weight is 337 g/mol. The number of halogens is 2. The lowest BCUT2D eigenvalue weighted by molar-refractivity contribution is 0.603. The highest BCUT2D eigenvalue weighted by Crippen LogP contribution is 2.27. The van der Waals surface area contributed by atoms with Crippen LogP contribution in [-0.4, -0.2) is 13.4 Å². The molecule has 0 radical (unpaired) electrons. The second kappa shape index (κ2) is 4.71. The normalized spacial score (nSPS) is 11.4. The average Bonchev–Trinajstić information content (AvgIpc) is 2.65. The van der Waals surface area contributed by atoms with E-state index >= 15 is 0 Å². The van der Waals surface area contributed by atoms with Crippen LogP contribution in [0, 0.1) is 5.82 Å². The topological polar surface area (TPSA) is 59.1 Å². The lowest BCUT2D eigenvalue weighted by atomic mass is 10.4. The summed E-state index contributed by atoms with van der Waals surface area (Å²) in [4.78, 5) is 3.56. The first-order valence-electron chi connectivity index (χ1n) is 4.36. The molecule has 0 fully saturated rings. The molecule has 8 heteroatoms. The number of hydrogen-bond acceptors (Lipinski definition) is 4. The van der Waals surface area contributed by atoms with Gasteiger partial charge in [-0.2, -0.15) is 0 Å². The lowest BCUT2D eigenvalue weighted by Gasteiger charge is -2.05. The van der Waals surface area contributed by atoms with Gasteiger partial charge in [0.25, 0.3) is 10.0 Å². The number of thiophene rings is 1. The van der Waals surface area contributed by atoms with Crippen LogP contribution in [0.3, 0.4) is 0 Å². The third kappa shape index (κ3) is 3.02. The van der Waals surface area contributed by atoms with Gasteiger partial charge in [-0.25, -0.2) is 12.8 Å². The molecule has 4 nitrogen and oxygen atoms in total. The molecule has 0 aliphatic carbocycles. The van der Waals surface area contributed by atoms with Gasteiger partial charge in [-0.1, -0.05) is 0 Å². The van der Waals surface area contributed by atoms with E-state index in [2.05, 4.69) is 25.6 Å². The molecule has 0 saturated heterocycles. The number of anilines is 1. The van der Waals surface area contributed by atoms with Gasteiger partial charge >= 0.3 is 0 Å². The van der Waals surface area contributed by atoms with Gasteiger partial charge < -0.3 is 0 Å². The first-order valence-corrected chi connectivity index (χ1v) is 7.45. The quantitative estimate of drug-likeness (QED) is 0.937. The zero-order valence-electron chi connectivity index (χ0n) is 8.22. The summed E-state index contributed by atoms with van der Waals surface area (Å²) in [6, 6.07) is 4.15. The van der Waals surface area contributed by atoms with Gasteiger partial charge in [-0.05, 0) is 28.1 Å². The van der Waals surface area contributed by atoms with Crippen molar-refractivity contribution >= 4 is 43.0 Å². The Morgan fingerprint density at radius 3 is 2.71 bits per heavy atom. The molecule has 2 aromatic rings. The van der Waals surface area contributed by atoms with Crippen molar-refractivity contribution in [3.8, 4) is 0 Å². The highest BCUT2D eigenvalue weighted by molar-refractivity contribution is 9.11. The van der Waals surface area contributed by atoms with Crippen molar-refractivity contribution in [2.24, 2.45) is 0 Å². The molecule has 2 aromatic heterocycles. The molecule has 0 aliphatic heterocycles. The Kier molecular flexibility index (Phi) is 3.45. The van der Waals surface area contributed by atoms with Gasteiger partial charge in [-0.3, -0.25) is 9.71 Å². The molecular formula is C9H6BrFN2O2S2. The minimum absolute atomic E-state index is 0.0922. The van der Waals surface area contributed by atoms with Crippen molar-refractivity contribution in [2.45, 2.75) is 4.21 Å². The van der Waals surface area contributed by atoms with Gasteiger partial charge in [-0.15, -0.1) is 11.3 Å². The Morgan fingerprint density at radius 1 is 1.35 bits per heavy atom. The van der Waals surface area contributed by atoms with E-state index in [0.29, 0.717) is 3.79 Å². The monoisotopic (exact) mass is 336 g/mol. The molecule has 0 bridgehead atoms. The Labute approximate surface area is 110 Å². The smallest absolute Gasteiger partial charge is 0.271 e. The van der Waals surface area contributed by atoms with E-state index in [1.165, 1.54) is 12.3 Å². The van der Waals surface area contributed by atoms with Gasteiger partial charge in [0.05, 0.1) is 21.9 Å². The maximum atomic E-state index is 12.8. The molecule has 0 saturated carbocycles. The summed E-state index contributed by atoms with van der Waals surface area (Å²) in [7, 11) is -3.68. The fraction of sp³-hybridized carbons (Fsp3) is 0. The van der Waals surface area contributed by atoms with Crippen molar-refractivity contribution in [1.29, 1.82) is 0 Å².